The molecule has 2 heterocycles. The molecule has 11 heteroatoms. The minimum atomic E-state index is -3.97. The minimum absolute atomic E-state index is 0.0285. The van der Waals surface area contributed by atoms with Gasteiger partial charge in [-0.25, -0.2) is 0 Å². The Morgan fingerprint density at radius 2 is 1.94 bits per heavy atom. The smallest absolute Gasteiger partial charge is 0.294 e. The molecule has 7 nitrogen and oxygen atoms in total. The van der Waals surface area contributed by atoms with Crippen LogP contribution in [0.2, 0.25) is 4.34 Å². The van der Waals surface area contributed by atoms with Gasteiger partial charge in [-0.15, -0.1) is 15.7 Å². The van der Waals surface area contributed by atoms with Crippen molar-refractivity contribution in [3.05, 3.63) is 45.1 Å². The Balaban J connectivity index is 1.84. The summed E-state index contributed by atoms with van der Waals surface area (Å²) in [4.78, 5) is 14.6. The van der Waals surface area contributed by atoms with Crippen molar-refractivity contribution in [1.29, 1.82) is 0 Å². The number of carbonyl (C=O) groups excluding carboxylic acids is 1. The lowest BCUT2D eigenvalue weighted by atomic mass is 10.2. The van der Waals surface area contributed by atoms with Gasteiger partial charge in [0.1, 0.15) is 4.21 Å². The van der Waals surface area contributed by atoms with Crippen LogP contribution in [0.5, 0.6) is 11.5 Å². The molecule has 1 aromatic carbocycles. The van der Waals surface area contributed by atoms with Gasteiger partial charge in [-0.1, -0.05) is 37.4 Å². The van der Waals surface area contributed by atoms with E-state index in [1.165, 1.54) is 17.0 Å². The van der Waals surface area contributed by atoms with Crippen LogP contribution in [0.25, 0.3) is 6.08 Å². The molecule has 0 spiro atoms. The van der Waals surface area contributed by atoms with Crippen LogP contribution in [0.15, 0.2) is 43.8 Å². The van der Waals surface area contributed by atoms with Gasteiger partial charge in [-0.3, -0.25) is 9.69 Å². The second-order valence-corrected chi connectivity index (χ2v) is 11.6. The third-order valence-electron chi connectivity index (χ3n) is 4.70. The van der Waals surface area contributed by atoms with E-state index in [4.69, 9.17) is 21.1 Å². The molecule has 33 heavy (non-hydrogen) atoms. The fraction of sp³-hybridized carbons (Fsp3) is 0.364. The molecule has 0 bridgehead atoms. The monoisotopic (exact) mass is 528 g/mol. The van der Waals surface area contributed by atoms with Crippen LogP contribution in [-0.4, -0.2) is 44.7 Å². The number of ether oxygens (including phenoxy) is 2. The van der Waals surface area contributed by atoms with Gasteiger partial charge in [0.15, 0.2) is 16.7 Å². The number of halogens is 1. The number of amidine groups is 1. The van der Waals surface area contributed by atoms with Crippen LogP contribution in [-0.2, 0) is 14.8 Å². The lowest BCUT2D eigenvalue weighted by Crippen LogP contribution is -2.29. The first-order valence-corrected chi connectivity index (χ1v) is 13.9. The number of benzene rings is 1. The predicted octanol–water partition coefficient (Wildman–Crippen LogP) is 5.66. The van der Waals surface area contributed by atoms with Crippen molar-refractivity contribution in [1.82, 2.24) is 4.90 Å². The molecule has 1 aromatic heterocycles. The van der Waals surface area contributed by atoms with Gasteiger partial charge >= 0.3 is 0 Å². The van der Waals surface area contributed by atoms with E-state index in [0.29, 0.717) is 27.3 Å². The maximum Gasteiger partial charge on any atom is 0.294 e. The van der Waals surface area contributed by atoms with Crippen molar-refractivity contribution in [2.75, 3.05) is 20.3 Å². The number of likely N-dealkylation sites (N-methyl/N-ethyl adjacent to an activating group) is 1. The summed E-state index contributed by atoms with van der Waals surface area (Å²) in [5.41, 5.74) is 0.730. The Morgan fingerprint density at radius 3 is 2.58 bits per heavy atom. The maximum atomic E-state index is 12.9. The number of nitrogens with zero attached hydrogens (tertiary/aromatic N) is 2. The Bertz CT molecular complexity index is 1170. The highest BCUT2D eigenvalue weighted by atomic mass is 35.5. The molecule has 0 unspecified atom stereocenters. The van der Waals surface area contributed by atoms with E-state index < -0.39 is 10.0 Å². The van der Waals surface area contributed by atoms with Crippen LogP contribution >= 0.6 is 34.7 Å². The van der Waals surface area contributed by atoms with E-state index in [0.717, 1.165) is 47.9 Å². The minimum Gasteiger partial charge on any atom is -0.493 e. The largest absolute Gasteiger partial charge is 0.493 e. The van der Waals surface area contributed by atoms with Crippen LogP contribution in [0.3, 0.4) is 0 Å². The van der Waals surface area contributed by atoms with Crippen LogP contribution in [0.1, 0.15) is 38.7 Å². The molecule has 0 atom stereocenters. The molecule has 0 radical (unpaired) electrons. The Labute approximate surface area is 207 Å². The number of sulfonamides is 1. The number of rotatable bonds is 10. The number of thiophene rings is 1. The van der Waals surface area contributed by atoms with Crippen molar-refractivity contribution in [2.24, 2.45) is 4.40 Å². The van der Waals surface area contributed by atoms with Gasteiger partial charge in [-0.2, -0.15) is 8.42 Å². The molecule has 1 fully saturated rings. The van der Waals surface area contributed by atoms with Crippen molar-refractivity contribution >= 4 is 61.9 Å². The predicted molar refractivity (Wildman–Crippen MR) is 135 cm³/mol. The fourth-order valence-electron chi connectivity index (χ4n) is 3.02. The number of thioether (sulfide) groups is 1. The van der Waals surface area contributed by atoms with Crippen molar-refractivity contribution in [3.63, 3.8) is 0 Å². The van der Waals surface area contributed by atoms with E-state index in [-0.39, 0.29) is 21.8 Å². The molecule has 1 aliphatic heterocycles. The van der Waals surface area contributed by atoms with Gasteiger partial charge in [0, 0.05) is 6.54 Å². The number of hydrogen-bond donors (Lipinski definition) is 0. The number of unbranched alkanes of at least 4 members (excludes halogenated alkanes) is 2. The molecule has 2 aromatic rings. The molecule has 178 valence electrons. The van der Waals surface area contributed by atoms with Crippen LogP contribution in [0.4, 0.5) is 0 Å². The van der Waals surface area contributed by atoms with E-state index in [2.05, 4.69) is 11.3 Å². The number of carbonyl (C=O) groups is 1. The zero-order chi connectivity index (χ0) is 24.0. The molecule has 0 saturated carbocycles. The number of hydrogen-bond acceptors (Lipinski definition) is 7. The average Bonchev–Trinajstić information content (AvgIpc) is 3.35. The molecule has 1 aliphatic rings. The lowest BCUT2D eigenvalue weighted by Gasteiger charge is -2.12. The highest BCUT2D eigenvalue weighted by molar-refractivity contribution is 8.19. The van der Waals surface area contributed by atoms with E-state index in [9.17, 15) is 13.2 Å². The summed E-state index contributed by atoms with van der Waals surface area (Å²) >= 11 is 7.80. The maximum absolute atomic E-state index is 12.9. The van der Waals surface area contributed by atoms with Gasteiger partial charge in [0.2, 0.25) is 0 Å². The molecule has 0 N–H and O–H groups in total. The normalized spacial score (nSPS) is 16.7. The molecule has 0 aliphatic carbocycles. The Morgan fingerprint density at radius 1 is 1.15 bits per heavy atom. The number of methoxy groups -OCH3 is 1. The molecule has 3 rings (SSSR count). The summed E-state index contributed by atoms with van der Waals surface area (Å²) in [5, 5.41) is 0.112. The van der Waals surface area contributed by atoms with E-state index in [1.807, 2.05) is 6.07 Å². The molecule has 1 amide bonds. The first kappa shape index (κ1) is 25.6. The second kappa shape index (κ2) is 11.4. The first-order chi connectivity index (χ1) is 15.8. The summed E-state index contributed by atoms with van der Waals surface area (Å²) < 4.78 is 40.8. The van der Waals surface area contributed by atoms with Crippen molar-refractivity contribution < 1.29 is 22.7 Å². The van der Waals surface area contributed by atoms with Gasteiger partial charge in [0.25, 0.3) is 15.9 Å². The highest BCUT2D eigenvalue weighted by Crippen LogP contribution is 2.36. The number of amides is 1. The van der Waals surface area contributed by atoms with E-state index in [1.54, 1.807) is 32.2 Å². The summed E-state index contributed by atoms with van der Waals surface area (Å²) in [6, 6.07) is 8.32. The van der Waals surface area contributed by atoms with E-state index >= 15 is 0 Å². The SMILES string of the molecule is CCCCCOc1ccc(/C=C2\S/C(=N/S(=O)(=O)c3ccc(Cl)s3)N(CC)C2=O)cc1OC. The standard InChI is InChI=1S/C22H25ClN2O5S3/c1-4-6-7-12-30-16-9-8-15(13-17(16)29-3)14-18-21(26)25(5-2)22(31-18)24-33(27,28)20-11-10-19(23)32-20/h8-11,13-14H,4-7,12H2,1-3H3/b18-14-,24-22+. The van der Waals surface area contributed by atoms with Gasteiger partial charge in [0.05, 0.1) is 23.0 Å². The quantitative estimate of drug-likeness (QED) is 0.292. The topological polar surface area (TPSA) is 85.3 Å². The lowest BCUT2D eigenvalue weighted by molar-refractivity contribution is -0.122. The first-order valence-electron chi connectivity index (χ1n) is 10.4. The molecular formula is C22H25ClN2O5S3. The zero-order valence-electron chi connectivity index (χ0n) is 18.5. The van der Waals surface area contributed by atoms with Gasteiger partial charge in [-0.05, 0) is 61.0 Å². The summed E-state index contributed by atoms with van der Waals surface area (Å²) in [6.45, 7) is 4.79. The van der Waals surface area contributed by atoms with Crippen molar-refractivity contribution in [3.8, 4) is 11.5 Å². The average molecular weight is 529 g/mol. The molecule has 1 saturated heterocycles. The summed E-state index contributed by atoms with van der Waals surface area (Å²) in [5.74, 6) is 0.897. The fourth-order valence-corrected chi connectivity index (χ4v) is 6.72. The zero-order valence-corrected chi connectivity index (χ0v) is 21.7. The Kier molecular flexibility index (Phi) is 8.86. The molecular weight excluding hydrogens is 504 g/mol. The second-order valence-electron chi connectivity index (χ2n) is 7.03. The van der Waals surface area contributed by atoms with Crippen LogP contribution in [0, 0.1) is 0 Å². The van der Waals surface area contributed by atoms with Crippen LogP contribution < -0.4 is 9.47 Å². The van der Waals surface area contributed by atoms with Gasteiger partial charge < -0.3 is 9.47 Å². The third-order valence-corrected chi connectivity index (χ3v) is 8.78. The summed E-state index contributed by atoms with van der Waals surface area (Å²) in [6.07, 6.45) is 4.86. The highest BCUT2D eigenvalue weighted by Gasteiger charge is 2.34. The third kappa shape index (κ3) is 6.32. The Hall–Kier alpha value is -2.01. The summed E-state index contributed by atoms with van der Waals surface area (Å²) in [7, 11) is -2.41. The van der Waals surface area contributed by atoms with Crippen molar-refractivity contribution in [2.45, 2.75) is 37.3 Å².